The summed E-state index contributed by atoms with van der Waals surface area (Å²) in [6, 6.07) is 4.73. The van der Waals surface area contributed by atoms with Crippen molar-refractivity contribution >= 4 is 17.4 Å². The van der Waals surface area contributed by atoms with Gasteiger partial charge in [-0.25, -0.2) is 0 Å². The van der Waals surface area contributed by atoms with E-state index in [-0.39, 0.29) is 5.75 Å². The Balaban J connectivity index is 2.60. The predicted molar refractivity (Wildman–Crippen MR) is 75.7 cm³/mol. The zero-order chi connectivity index (χ0) is 14.1. The van der Waals surface area contributed by atoms with Crippen molar-refractivity contribution in [3.8, 4) is 11.5 Å². The summed E-state index contributed by atoms with van der Waals surface area (Å²) in [6.07, 6.45) is 0.962. The summed E-state index contributed by atoms with van der Waals surface area (Å²) in [5.41, 5.74) is 0.529. The first-order valence-corrected chi connectivity index (χ1v) is 7.27. The molecule has 1 rings (SSSR count). The summed E-state index contributed by atoms with van der Waals surface area (Å²) in [5, 5.41) is 3.10. The van der Waals surface area contributed by atoms with Gasteiger partial charge in [-0.1, -0.05) is 6.92 Å². The Labute approximate surface area is 116 Å². The molecule has 0 saturated carbocycles. The number of hydrogen-bond acceptors (Lipinski definition) is 4. The maximum absolute atomic E-state index is 12.3. The highest BCUT2D eigenvalue weighted by Crippen LogP contribution is 2.30. The summed E-state index contributed by atoms with van der Waals surface area (Å²) in [4.78, 5) is 0. The van der Waals surface area contributed by atoms with E-state index < -0.39 is 6.61 Å². The molecule has 108 valence electrons. The molecule has 0 heterocycles. The summed E-state index contributed by atoms with van der Waals surface area (Å²) in [5.74, 6) is 2.86. The van der Waals surface area contributed by atoms with Crippen molar-refractivity contribution in [1.29, 1.82) is 0 Å². The highest BCUT2D eigenvalue weighted by Gasteiger charge is 2.10. The van der Waals surface area contributed by atoms with E-state index in [0.29, 0.717) is 18.0 Å². The van der Waals surface area contributed by atoms with Crippen LogP contribution in [0.4, 0.5) is 14.5 Å². The normalized spacial score (nSPS) is 10.6. The summed E-state index contributed by atoms with van der Waals surface area (Å²) < 4.78 is 34.1. The standard InChI is InChI=1S/C13H19F2NO2S/c1-3-19-8-4-7-16-11-9-10(17-2)5-6-12(11)18-13(14)15/h5-6,9,13,16H,3-4,7-8H2,1-2H3. The fraction of sp³-hybridized carbons (Fsp3) is 0.538. The molecule has 0 saturated heterocycles. The first-order valence-electron chi connectivity index (χ1n) is 6.11. The predicted octanol–water partition coefficient (Wildman–Crippen LogP) is 3.85. The lowest BCUT2D eigenvalue weighted by Crippen LogP contribution is -2.08. The molecule has 0 aliphatic carbocycles. The number of ether oxygens (including phenoxy) is 2. The second kappa shape index (κ2) is 8.85. The van der Waals surface area contributed by atoms with Gasteiger partial charge >= 0.3 is 6.61 Å². The molecule has 0 unspecified atom stereocenters. The molecule has 19 heavy (non-hydrogen) atoms. The smallest absolute Gasteiger partial charge is 0.387 e. The van der Waals surface area contributed by atoms with Crippen molar-refractivity contribution in [2.24, 2.45) is 0 Å². The molecule has 0 bridgehead atoms. The fourth-order valence-corrected chi connectivity index (χ4v) is 2.15. The van der Waals surface area contributed by atoms with E-state index in [2.05, 4.69) is 17.0 Å². The number of thioether (sulfide) groups is 1. The molecule has 1 N–H and O–H groups in total. The molecule has 0 radical (unpaired) electrons. The van der Waals surface area contributed by atoms with E-state index in [0.717, 1.165) is 17.9 Å². The lowest BCUT2D eigenvalue weighted by atomic mass is 10.2. The number of rotatable bonds is 9. The molecule has 3 nitrogen and oxygen atoms in total. The highest BCUT2D eigenvalue weighted by molar-refractivity contribution is 7.99. The Morgan fingerprint density at radius 3 is 2.79 bits per heavy atom. The third kappa shape index (κ3) is 6.00. The summed E-state index contributed by atoms with van der Waals surface area (Å²) >= 11 is 1.85. The maximum Gasteiger partial charge on any atom is 0.387 e. The van der Waals surface area contributed by atoms with Crippen molar-refractivity contribution in [1.82, 2.24) is 0 Å². The average molecular weight is 291 g/mol. The van der Waals surface area contributed by atoms with E-state index >= 15 is 0 Å². The Morgan fingerprint density at radius 1 is 1.37 bits per heavy atom. The van der Waals surface area contributed by atoms with Crippen LogP contribution in [-0.2, 0) is 0 Å². The number of methoxy groups -OCH3 is 1. The van der Waals surface area contributed by atoms with Crippen LogP contribution in [0.25, 0.3) is 0 Å². The van der Waals surface area contributed by atoms with Crippen molar-refractivity contribution in [3.05, 3.63) is 18.2 Å². The molecular formula is C13H19F2NO2S. The van der Waals surface area contributed by atoms with Gasteiger partial charge in [-0.05, 0) is 30.1 Å². The van der Waals surface area contributed by atoms with E-state index in [1.165, 1.54) is 13.2 Å². The zero-order valence-electron chi connectivity index (χ0n) is 11.1. The zero-order valence-corrected chi connectivity index (χ0v) is 11.9. The number of nitrogens with one attached hydrogen (secondary N) is 1. The van der Waals surface area contributed by atoms with E-state index in [4.69, 9.17) is 4.74 Å². The van der Waals surface area contributed by atoms with Crippen molar-refractivity contribution < 1.29 is 18.3 Å². The average Bonchev–Trinajstić information content (AvgIpc) is 2.39. The number of halogens is 2. The third-order valence-corrected chi connectivity index (χ3v) is 3.37. The Hall–Kier alpha value is -1.17. The lowest BCUT2D eigenvalue weighted by Gasteiger charge is -2.13. The molecule has 0 spiro atoms. The van der Waals surface area contributed by atoms with E-state index in [1.54, 1.807) is 12.1 Å². The van der Waals surface area contributed by atoms with Crippen LogP contribution < -0.4 is 14.8 Å². The lowest BCUT2D eigenvalue weighted by molar-refractivity contribution is -0.0493. The van der Waals surface area contributed by atoms with Gasteiger partial charge in [0.05, 0.1) is 12.8 Å². The van der Waals surface area contributed by atoms with Crippen LogP contribution in [0.15, 0.2) is 18.2 Å². The van der Waals surface area contributed by atoms with Gasteiger partial charge in [0.15, 0.2) is 0 Å². The largest absolute Gasteiger partial charge is 0.497 e. The van der Waals surface area contributed by atoms with Crippen molar-refractivity contribution in [3.63, 3.8) is 0 Å². The minimum atomic E-state index is -2.83. The first-order chi connectivity index (χ1) is 9.17. The summed E-state index contributed by atoms with van der Waals surface area (Å²) in [6.45, 7) is -0.0151. The Kier molecular flexibility index (Phi) is 7.40. The number of anilines is 1. The minimum absolute atomic E-state index is 0.138. The topological polar surface area (TPSA) is 30.5 Å². The van der Waals surface area contributed by atoms with Crippen LogP contribution in [0.2, 0.25) is 0 Å². The van der Waals surface area contributed by atoms with Crippen LogP contribution >= 0.6 is 11.8 Å². The molecule has 0 aromatic heterocycles. The van der Waals surface area contributed by atoms with Crippen LogP contribution in [0.3, 0.4) is 0 Å². The first kappa shape index (κ1) is 15.9. The van der Waals surface area contributed by atoms with Gasteiger partial charge < -0.3 is 14.8 Å². The number of benzene rings is 1. The van der Waals surface area contributed by atoms with Crippen molar-refractivity contribution in [2.45, 2.75) is 20.0 Å². The highest BCUT2D eigenvalue weighted by atomic mass is 32.2. The van der Waals surface area contributed by atoms with E-state index in [9.17, 15) is 8.78 Å². The van der Waals surface area contributed by atoms with E-state index in [1.807, 2.05) is 11.8 Å². The second-order valence-corrected chi connectivity index (χ2v) is 5.11. The summed E-state index contributed by atoms with van der Waals surface area (Å²) in [7, 11) is 1.53. The van der Waals surface area contributed by atoms with Crippen molar-refractivity contribution in [2.75, 3.05) is 30.5 Å². The van der Waals surface area contributed by atoms with Gasteiger partial charge in [0, 0.05) is 12.6 Å². The third-order valence-electron chi connectivity index (χ3n) is 2.39. The molecule has 0 amide bonds. The maximum atomic E-state index is 12.3. The monoisotopic (exact) mass is 291 g/mol. The molecule has 6 heteroatoms. The molecule has 0 aliphatic rings. The van der Waals surface area contributed by atoms with Gasteiger partial charge in [-0.2, -0.15) is 20.5 Å². The number of alkyl halides is 2. The van der Waals surface area contributed by atoms with Gasteiger partial charge in [-0.15, -0.1) is 0 Å². The minimum Gasteiger partial charge on any atom is -0.497 e. The van der Waals surface area contributed by atoms with Gasteiger partial charge in [0.25, 0.3) is 0 Å². The Morgan fingerprint density at radius 2 is 2.16 bits per heavy atom. The van der Waals surface area contributed by atoms with Crippen LogP contribution in [0.1, 0.15) is 13.3 Å². The van der Waals surface area contributed by atoms with Gasteiger partial charge in [-0.3, -0.25) is 0 Å². The molecule has 0 fully saturated rings. The van der Waals surface area contributed by atoms with Gasteiger partial charge in [0.2, 0.25) is 0 Å². The molecule has 0 atom stereocenters. The SMILES string of the molecule is CCSCCCNc1cc(OC)ccc1OC(F)F. The van der Waals surface area contributed by atoms with Crippen LogP contribution in [0, 0.1) is 0 Å². The molecular weight excluding hydrogens is 272 g/mol. The van der Waals surface area contributed by atoms with Crippen LogP contribution in [-0.4, -0.2) is 31.8 Å². The Bertz CT molecular complexity index is 378. The van der Waals surface area contributed by atoms with Crippen LogP contribution in [0.5, 0.6) is 11.5 Å². The van der Waals surface area contributed by atoms with Gasteiger partial charge in [0.1, 0.15) is 11.5 Å². The molecule has 1 aromatic rings. The molecule has 1 aromatic carbocycles. The quantitative estimate of drug-likeness (QED) is 0.700. The number of hydrogen-bond donors (Lipinski definition) is 1. The molecule has 0 aliphatic heterocycles. The second-order valence-electron chi connectivity index (χ2n) is 3.72. The fourth-order valence-electron chi connectivity index (χ4n) is 1.51.